The minimum atomic E-state index is 0.228. The van der Waals surface area contributed by atoms with Crippen LogP contribution >= 0.6 is 0 Å². The van der Waals surface area contributed by atoms with E-state index < -0.39 is 0 Å². The summed E-state index contributed by atoms with van der Waals surface area (Å²) >= 11 is 0. The molecule has 3 rings (SSSR count). The van der Waals surface area contributed by atoms with Crippen LogP contribution in [-0.4, -0.2) is 15.3 Å². The van der Waals surface area contributed by atoms with Gasteiger partial charge in [0.05, 0.1) is 5.52 Å². The molecule has 0 saturated heterocycles. The number of nitrogens with one attached hydrogen (secondary N) is 1. The zero-order valence-corrected chi connectivity index (χ0v) is 9.94. The van der Waals surface area contributed by atoms with E-state index in [4.69, 9.17) is 5.73 Å². The normalized spacial score (nSPS) is 10.9. The molecule has 0 unspecified atom stereocenters. The molecule has 1 aromatic heterocycles. The van der Waals surface area contributed by atoms with Crippen LogP contribution in [0.25, 0.3) is 22.2 Å². The maximum absolute atomic E-state index is 9.94. The molecule has 3 aromatic rings. The van der Waals surface area contributed by atoms with Crippen molar-refractivity contribution in [2.75, 3.05) is 5.73 Å². The Balaban J connectivity index is 2.28. The Morgan fingerprint density at radius 3 is 2.83 bits per heavy atom. The van der Waals surface area contributed by atoms with Gasteiger partial charge in [-0.15, -0.1) is 0 Å². The van der Waals surface area contributed by atoms with Crippen molar-refractivity contribution in [1.29, 1.82) is 0 Å². The van der Waals surface area contributed by atoms with Gasteiger partial charge < -0.3 is 10.8 Å². The van der Waals surface area contributed by atoms with Crippen LogP contribution in [0.4, 0.5) is 5.69 Å². The average Bonchev–Trinajstić information content (AvgIpc) is 2.75. The van der Waals surface area contributed by atoms with Gasteiger partial charge in [-0.2, -0.15) is 5.10 Å². The van der Waals surface area contributed by atoms with Crippen LogP contribution in [0, 0.1) is 6.92 Å². The number of hydrogen-bond donors (Lipinski definition) is 3. The number of hydrogen-bond acceptors (Lipinski definition) is 3. The smallest absolute Gasteiger partial charge is 0.125 e. The lowest BCUT2D eigenvalue weighted by Gasteiger charge is -2.03. The highest BCUT2D eigenvalue weighted by Crippen LogP contribution is 2.33. The third-order valence-electron chi connectivity index (χ3n) is 2.99. The lowest BCUT2D eigenvalue weighted by Crippen LogP contribution is -1.84. The van der Waals surface area contributed by atoms with Gasteiger partial charge in [0, 0.05) is 16.6 Å². The first-order valence-corrected chi connectivity index (χ1v) is 5.69. The maximum Gasteiger partial charge on any atom is 0.125 e. The van der Waals surface area contributed by atoms with E-state index in [0.29, 0.717) is 5.69 Å². The third-order valence-corrected chi connectivity index (χ3v) is 2.99. The number of fused-ring (bicyclic) bond motifs is 1. The molecule has 4 heteroatoms. The van der Waals surface area contributed by atoms with Crippen molar-refractivity contribution < 1.29 is 5.11 Å². The highest BCUT2D eigenvalue weighted by Gasteiger charge is 2.12. The summed E-state index contributed by atoms with van der Waals surface area (Å²) in [7, 11) is 0. The van der Waals surface area contributed by atoms with Crippen LogP contribution in [0.15, 0.2) is 36.4 Å². The number of aryl methyl sites for hydroxylation is 1. The van der Waals surface area contributed by atoms with E-state index in [1.165, 1.54) is 0 Å². The van der Waals surface area contributed by atoms with Crippen molar-refractivity contribution in [2.24, 2.45) is 0 Å². The first-order chi connectivity index (χ1) is 8.65. The summed E-state index contributed by atoms with van der Waals surface area (Å²) in [4.78, 5) is 0. The lowest BCUT2D eigenvalue weighted by atomic mass is 10.0. The fraction of sp³-hybridized carbons (Fsp3) is 0.0714. The van der Waals surface area contributed by atoms with E-state index in [9.17, 15) is 5.11 Å². The molecule has 0 radical (unpaired) electrons. The molecule has 18 heavy (non-hydrogen) atoms. The van der Waals surface area contributed by atoms with Crippen LogP contribution in [0.3, 0.4) is 0 Å². The third kappa shape index (κ3) is 1.59. The monoisotopic (exact) mass is 239 g/mol. The Kier molecular flexibility index (Phi) is 2.23. The van der Waals surface area contributed by atoms with Crippen molar-refractivity contribution >= 4 is 16.6 Å². The summed E-state index contributed by atoms with van der Waals surface area (Å²) in [5, 5.41) is 18.1. The van der Waals surface area contributed by atoms with Crippen LogP contribution in [0.5, 0.6) is 5.75 Å². The summed E-state index contributed by atoms with van der Waals surface area (Å²) in [5.41, 5.74) is 9.83. The molecule has 0 fully saturated rings. The van der Waals surface area contributed by atoms with Gasteiger partial charge in [0.1, 0.15) is 11.4 Å². The molecular formula is C14H13N3O. The van der Waals surface area contributed by atoms with Crippen LogP contribution in [-0.2, 0) is 0 Å². The number of aromatic nitrogens is 2. The molecule has 0 aliphatic heterocycles. The van der Waals surface area contributed by atoms with Gasteiger partial charge in [0.25, 0.3) is 0 Å². The van der Waals surface area contributed by atoms with Crippen molar-refractivity contribution in [3.8, 4) is 17.0 Å². The Morgan fingerprint density at radius 1 is 1.17 bits per heavy atom. The molecule has 0 aliphatic carbocycles. The van der Waals surface area contributed by atoms with Crippen LogP contribution in [0.2, 0.25) is 0 Å². The van der Waals surface area contributed by atoms with Gasteiger partial charge in [0.2, 0.25) is 0 Å². The van der Waals surface area contributed by atoms with Crippen LogP contribution in [0.1, 0.15) is 5.56 Å². The predicted molar refractivity (Wildman–Crippen MR) is 72.3 cm³/mol. The number of benzene rings is 2. The quantitative estimate of drug-likeness (QED) is 0.571. The number of H-pyrrole nitrogens is 1. The molecule has 0 atom stereocenters. The highest BCUT2D eigenvalue weighted by molar-refractivity contribution is 5.95. The number of aromatic hydroxyl groups is 1. The fourth-order valence-electron chi connectivity index (χ4n) is 2.08. The second-order valence-corrected chi connectivity index (χ2v) is 4.40. The molecule has 1 heterocycles. The average molecular weight is 239 g/mol. The van der Waals surface area contributed by atoms with E-state index in [2.05, 4.69) is 10.2 Å². The second kappa shape index (κ2) is 3.77. The van der Waals surface area contributed by atoms with Crippen molar-refractivity contribution in [2.45, 2.75) is 6.92 Å². The molecule has 0 saturated carbocycles. The van der Waals surface area contributed by atoms with E-state index in [-0.39, 0.29) is 5.75 Å². The number of nitrogens with zero attached hydrogens (tertiary/aromatic N) is 1. The number of phenols is 1. The molecule has 4 nitrogen and oxygen atoms in total. The number of rotatable bonds is 1. The molecule has 90 valence electrons. The summed E-state index contributed by atoms with van der Waals surface area (Å²) in [5.74, 6) is 0.228. The highest BCUT2D eigenvalue weighted by atomic mass is 16.3. The van der Waals surface area contributed by atoms with E-state index in [1.54, 1.807) is 6.07 Å². The standard InChI is InChI=1S/C14H13N3O/c1-8-2-5-13(18)11(6-8)14-10-4-3-9(15)7-12(10)16-17-14/h2-7,18H,15H2,1H3,(H,16,17). The van der Waals surface area contributed by atoms with Gasteiger partial charge in [-0.3, -0.25) is 5.10 Å². The fourth-order valence-corrected chi connectivity index (χ4v) is 2.08. The number of anilines is 1. The number of phenolic OH excluding ortho intramolecular Hbond substituents is 1. The molecule has 4 N–H and O–H groups in total. The Labute approximate surface area is 104 Å². The Bertz CT molecular complexity index is 731. The second-order valence-electron chi connectivity index (χ2n) is 4.40. The Morgan fingerprint density at radius 2 is 2.00 bits per heavy atom. The first-order valence-electron chi connectivity index (χ1n) is 5.69. The van der Waals surface area contributed by atoms with Crippen molar-refractivity contribution in [3.63, 3.8) is 0 Å². The van der Waals surface area contributed by atoms with Crippen molar-refractivity contribution in [1.82, 2.24) is 10.2 Å². The van der Waals surface area contributed by atoms with E-state index in [0.717, 1.165) is 27.7 Å². The summed E-state index contributed by atoms with van der Waals surface area (Å²) in [6.07, 6.45) is 0. The number of aromatic amines is 1. The zero-order chi connectivity index (χ0) is 12.7. The van der Waals surface area contributed by atoms with Gasteiger partial charge in [-0.25, -0.2) is 0 Å². The topological polar surface area (TPSA) is 74.9 Å². The van der Waals surface area contributed by atoms with Gasteiger partial charge >= 0.3 is 0 Å². The van der Waals surface area contributed by atoms with Gasteiger partial charge in [-0.1, -0.05) is 11.6 Å². The van der Waals surface area contributed by atoms with E-state index in [1.807, 2.05) is 37.3 Å². The summed E-state index contributed by atoms with van der Waals surface area (Å²) in [6.45, 7) is 1.98. The Hall–Kier alpha value is -2.49. The summed E-state index contributed by atoms with van der Waals surface area (Å²) < 4.78 is 0. The van der Waals surface area contributed by atoms with Gasteiger partial charge in [0.15, 0.2) is 0 Å². The van der Waals surface area contributed by atoms with Crippen LogP contribution < -0.4 is 5.73 Å². The molecule has 0 amide bonds. The minimum Gasteiger partial charge on any atom is -0.507 e. The molecule has 0 spiro atoms. The minimum absolute atomic E-state index is 0.228. The molecule has 0 bridgehead atoms. The van der Waals surface area contributed by atoms with Crippen molar-refractivity contribution in [3.05, 3.63) is 42.0 Å². The SMILES string of the molecule is Cc1ccc(O)c(-c2n[nH]c3cc(N)ccc23)c1. The molecular weight excluding hydrogens is 226 g/mol. The largest absolute Gasteiger partial charge is 0.507 e. The number of nitrogen functional groups attached to an aromatic ring is 1. The molecule has 2 aromatic carbocycles. The number of nitrogens with two attached hydrogens (primary N) is 1. The molecule has 0 aliphatic rings. The lowest BCUT2D eigenvalue weighted by molar-refractivity contribution is 0.477. The summed E-state index contributed by atoms with van der Waals surface area (Å²) in [6, 6.07) is 11.0. The predicted octanol–water partition coefficient (Wildman–Crippen LogP) is 2.83. The zero-order valence-electron chi connectivity index (χ0n) is 9.94. The van der Waals surface area contributed by atoms with E-state index >= 15 is 0 Å². The van der Waals surface area contributed by atoms with Gasteiger partial charge in [-0.05, 0) is 37.3 Å². The first kappa shape index (κ1) is 10.7. The maximum atomic E-state index is 9.94.